The fourth-order valence-corrected chi connectivity index (χ4v) is 4.06. The molecule has 0 saturated carbocycles. The number of nitrogens with one attached hydrogen (secondary N) is 1. The van der Waals surface area contributed by atoms with Crippen LogP contribution in [0.25, 0.3) is 10.2 Å². The highest BCUT2D eigenvalue weighted by Crippen LogP contribution is 2.27. The van der Waals surface area contributed by atoms with Crippen molar-refractivity contribution in [2.24, 2.45) is 0 Å². The number of likely N-dealkylation sites (tertiary alicyclic amines) is 1. The third-order valence-electron chi connectivity index (χ3n) is 4.53. The Balaban J connectivity index is 0.00000150. The van der Waals surface area contributed by atoms with E-state index < -0.39 is 0 Å². The molecule has 0 radical (unpaired) electrons. The van der Waals surface area contributed by atoms with Crippen LogP contribution < -0.4 is 10.1 Å². The fourth-order valence-electron chi connectivity index (χ4n) is 3.18. The number of rotatable bonds is 4. The first kappa shape index (κ1) is 23.1. The maximum Gasteiger partial charge on any atom is 0.324 e. The lowest BCUT2D eigenvalue weighted by atomic mass is 10.0. The number of carbonyl (C=O) groups excluding carboxylic acids is 1. The quantitative estimate of drug-likeness (QED) is 0.587. The zero-order valence-corrected chi connectivity index (χ0v) is 17.9. The van der Waals surface area contributed by atoms with E-state index in [0.717, 1.165) is 19.3 Å². The number of pyridine rings is 1. The lowest BCUT2D eigenvalue weighted by Crippen LogP contribution is -2.48. The number of carbonyl (C=O) groups is 1. The lowest BCUT2D eigenvalue weighted by Gasteiger charge is -2.35. The molecule has 6 nitrogen and oxygen atoms in total. The standard InChI is InChI=1S/C19H19FN4O2S.2ClH/c20-13-6-7-16-17(10-13)27-18(22-16)23-19(25)24-9-2-1-4-14(24)12-26-15-5-3-8-21-11-15;;/h3,5-8,10-11,14H,1-2,4,9,12H2,(H,22,23,25);2*1H. The van der Waals surface area contributed by atoms with Crippen molar-refractivity contribution in [3.63, 3.8) is 0 Å². The summed E-state index contributed by atoms with van der Waals surface area (Å²) < 4.78 is 19.8. The topological polar surface area (TPSA) is 67.4 Å². The van der Waals surface area contributed by atoms with Crippen LogP contribution in [-0.4, -0.2) is 40.1 Å². The average Bonchev–Trinajstić information content (AvgIpc) is 3.08. The summed E-state index contributed by atoms with van der Waals surface area (Å²) in [7, 11) is 0. The molecule has 0 bridgehead atoms. The van der Waals surface area contributed by atoms with Crippen molar-refractivity contribution in [2.45, 2.75) is 25.3 Å². The number of ether oxygens (including phenoxy) is 1. The van der Waals surface area contributed by atoms with Crippen molar-refractivity contribution in [2.75, 3.05) is 18.5 Å². The van der Waals surface area contributed by atoms with Crippen LogP contribution in [0.1, 0.15) is 19.3 Å². The number of thiazole rings is 1. The molecule has 1 fully saturated rings. The summed E-state index contributed by atoms with van der Waals surface area (Å²) >= 11 is 1.27. The van der Waals surface area contributed by atoms with Crippen LogP contribution in [0.15, 0.2) is 42.7 Å². The Morgan fingerprint density at radius 1 is 1.31 bits per heavy atom. The van der Waals surface area contributed by atoms with Crippen LogP contribution in [-0.2, 0) is 0 Å². The van der Waals surface area contributed by atoms with Gasteiger partial charge in [-0.3, -0.25) is 10.3 Å². The van der Waals surface area contributed by atoms with Gasteiger partial charge in [0, 0.05) is 12.7 Å². The predicted octanol–water partition coefficient (Wildman–Crippen LogP) is 5.14. The predicted molar refractivity (Wildman–Crippen MR) is 117 cm³/mol. The molecular formula is C19H21Cl2FN4O2S. The fraction of sp³-hybridized carbons (Fsp3) is 0.316. The second-order valence-electron chi connectivity index (χ2n) is 6.40. The van der Waals surface area contributed by atoms with E-state index in [-0.39, 0.29) is 42.7 Å². The van der Waals surface area contributed by atoms with Crippen LogP contribution in [0.3, 0.4) is 0 Å². The van der Waals surface area contributed by atoms with Gasteiger partial charge in [0.1, 0.15) is 18.2 Å². The Morgan fingerprint density at radius 3 is 2.97 bits per heavy atom. The molecule has 0 spiro atoms. The van der Waals surface area contributed by atoms with Gasteiger partial charge in [-0.1, -0.05) is 11.3 Å². The minimum absolute atomic E-state index is 0. The summed E-state index contributed by atoms with van der Waals surface area (Å²) in [6.07, 6.45) is 6.26. The molecule has 1 N–H and O–H groups in total. The van der Waals surface area contributed by atoms with Crippen LogP contribution in [0, 0.1) is 5.82 Å². The number of anilines is 1. The van der Waals surface area contributed by atoms with Gasteiger partial charge in [0.15, 0.2) is 5.13 Å². The molecule has 1 aliphatic heterocycles. The molecular weight excluding hydrogens is 438 g/mol. The number of nitrogens with zero attached hydrogens (tertiary/aromatic N) is 3. The van der Waals surface area contributed by atoms with E-state index in [1.165, 1.54) is 23.5 Å². The van der Waals surface area contributed by atoms with Gasteiger partial charge in [-0.2, -0.15) is 0 Å². The maximum absolute atomic E-state index is 13.3. The van der Waals surface area contributed by atoms with Crippen LogP contribution in [0.5, 0.6) is 5.75 Å². The van der Waals surface area contributed by atoms with Crippen molar-refractivity contribution in [1.82, 2.24) is 14.9 Å². The van der Waals surface area contributed by atoms with Gasteiger partial charge < -0.3 is 9.64 Å². The third-order valence-corrected chi connectivity index (χ3v) is 5.46. The summed E-state index contributed by atoms with van der Waals surface area (Å²) in [5, 5.41) is 3.32. The molecule has 1 aromatic carbocycles. The second kappa shape index (κ2) is 10.6. The van der Waals surface area contributed by atoms with E-state index in [4.69, 9.17) is 4.74 Å². The molecule has 2 amide bonds. The molecule has 10 heteroatoms. The number of hydrogen-bond donors (Lipinski definition) is 1. The smallest absolute Gasteiger partial charge is 0.324 e. The Morgan fingerprint density at radius 2 is 2.17 bits per heavy atom. The number of hydrogen-bond acceptors (Lipinski definition) is 5. The molecule has 1 saturated heterocycles. The minimum Gasteiger partial charge on any atom is -0.490 e. The number of piperidine rings is 1. The Kier molecular flexibility index (Phi) is 8.43. The number of benzene rings is 1. The van der Waals surface area contributed by atoms with Crippen LogP contribution in [0.2, 0.25) is 0 Å². The molecule has 1 unspecified atom stereocenters. The van der Waals surface area contributed by atoms with Crippen molar-refractivity contribution < 1.29 is 13.9 Å². The molecule has 2 aromatic heterocycles. The first-order valence-corrected chi connectivity index (χ1v) is 9.67. The van der Waals surface area contributed by atoms with Crippen molar-refractivity contribution in [3.05, 3.63) is 48.5 Å². The first-order valence-electron chi connectivity index (χ1n) is 8.85. The zero-order chi connectivity index (χ0) is 18.6. The average molecular weight is 459 g/mol. The van der Waals surface area contributed by atoms with E-state index in [1.54, 1.807) is 23.4 Å². The largest absolute Gasteiger partial charge is 0.490 e. The SMILES string of the molecule is Cl.Cl.O=C(Nc1nc2ccc(F)cc2s1)N1CCCCC1COc1cccnc1. The van der Waals surface area contributed by atoms with E-state index in [0.29, 0.717) is 34.2 Å². The normalized spacial score (nSPS) is 15.9. The number of halogens is 3. The third kappa shape index (κ3) is 5.68. The number of aromatic nitrogens is 2. The van der Waals surface area contributed by atoms with Gasteiger partial charge in [-0.05, 0) is 49.6 Å². The summed E-state index contributed by atoms with van der Waals surface area (Å²) in [6.45, 7) is 1.09. The van der Waals surface area contributed by atoms with E-state index >= 15 is 0 Å². The Labute approximate surface area is 184 Å². The molecule has 0 aliphatic carbocycles. The van der Waals surface area contributed by atoms with Gasteiger partial charge in [0.25, 0.3) is 0 Å². The van der Waals surface area contributed by atoms with Gasteiger partial charge in [-0.15, -0.1) is 24.8 Å². The molecule has 1 atom stereocenters. The molecule has 4 rings (SSSR count). The summed E-state index contributed by atoms with van der Waals surface area (Å²) in [6, 6.07) is 7.86. The molecule has 156 valence electrons. The van der Waals surface area contributed by atoms with E-state index in [9.17, 15) is 9.18 Å². The highest BCUT2D eigenvalue weighted by molar-refractivity contribution is 7.22. The summed E-state index contributed by atoms with van der Waals surface area (Å²) in [5.74, 6) is 0.379. The minimum atomic E-state index is -0.312. The molecule has 1 aliphatic rings. The van der Waals surface area contributed by atoms with Gasteiger partial charge in [-0.25, -0.2) is 14.2 Å². The monoisotopic (exact) mass is 458 g/mol. The summed E-state index contributed by atoms with van der Waals surface area (Å²) in [4.78, 5) is 23.0. The van der Waals surface area contributed by atoms with Gasteiger partial charge in [0.2, 0.25) is 0 Å². The van der Waals surface area contributed by atoms with E-state index in [1.807, 2.05) is 12.1 Å². The van der Waals surface area contributed by atoms with Crippen LogP contribution in [0.4, 0.5) is 14.3 Å². The molecule has 3 aromatic rings. The Hall–Kier alpha value is -2.16. The first-order chi connectivity index (χ1) is 13.2. The molecule has 29 heavy (non-hydrogen) atoms. The lowest BCUT2D eigenvalue weighted by molar-refractivity contribution is 0.124. The van der Waals surface area contributed by atoms with Gasteiger partial charge in [0.05, 0.1) is 22.5 Å². The highest BCUT2D eigenvalue weighted by atomic mass is 35.5. The van der Waals surface area contributed by atoms with Crippen molar-refractivity contribution in [1.29, 1.82) is 0 Å². The Bertz CT molecular complexity index is 944. The van der Waals surface area contributed by atoms with Crippen LogP contribution >= 0.6 is 36.2 Å². The molecule has 3 heterocycles. The van der Waals surface area contributed by atoms with Crippen molar-refractivity contribution in [3.8, 4) is 5.75 Å². The highest BCUT2D eigenvalue weighted by Gasteiger charge is 2.28. The van der Waals surface area contributed by atoms with Crippen molar-refractivity contribution >= 4 is 57.5 Å². The van der Waals surface area contributed by atoms with E-state index in [2.05, 4.69) is 15.3 Å². The second-order valence-corrected chi connectivity index (χ2v) is 7.43. The summed E-state index contributed by atoms with van der Waals surface area (Å²) in [5.41, 5.74) is 0.673. The number of urea groups is 1. The number of fused-ring (bicyclic) bond motifs is 1. The van der Waals surface area contributed by atoms with Gasteiger partial charge >= 0.3 is 6.03 Å². The maximum atomic E-state index is 13.3. The number of amides is 2. The zero-order valence-electron chi connectivity index (χ0n) is 15.4.